The summed E-state index contributed by atoms with van der Waals surface area (Å²) >= 11 is 0. The lowest BCUT2D eigenvalue weighted by atomic mass is 10.0. The van der Waals surface area contributed by atoms with E-state index in [9.17, 15) is 9.59 Å². The quantitative estimate of drug-likeness (QED) is 0.748. The van der Waals surface area contributed by atoms with Gasteiger partial charge in [-0.05, 0) is 23.6 Å². The van der Waals surface area contributed by atoms with Crippen LogP contribution < -0.4 is 10.6 Å². The first-order valence-corrected chi connectivity index (χ1v) is 5.35. The summed E-state index contributed by atoms with van der Waals surface area (Å²) in [5, 5.41) is 13.2. The number of amides is 2. The van der Waals surface area contributed by atoms with Gasteiger partial charge in [0.15, 0.2) is 0 Å². The third-order valence-electron chi connectivity index (χ3n) is 2.21. The second-order valence-electron chi connectivity index (χ2n) is 3.98. The number of carboxylic acid groups (broad SMARTS) is 1. The first kappa shape index (κ1) is 13.0. The number of benzene rings is 1. The van der Waals surface area contributed by atoms with Crippen LogP contribution >= 0.6 is 0 Å². The molecule has 0 atom stereocenters. The zero-order valence-corrected chi connectivity index (χ0v) is 9.86. The maximum atomic E-state index is 11.3. The zero-order chi connectivity index (χ0) is 12.8. The van der Waals surface area contributed by atoms with Gasteiger partial charge in [0.05, 0.1) is 0 Å². The van der Waals surface area contributed by atoms with Gasteiger partial charge in [-0.2, -0.15) is 0 Å². The average Bonchev–Trinajstić information content (AvgIpc) is 2.26. The van der Waals surface area contributed by atoms with Crippen LogP contribution in [0.2, 0.25) is 0 Å². The molecule has 2 amide bonds. The van der Waals surface area contributed by atoms with Crippen molar-refractivity contribution in [3.8, 4) is 0 Å². The fourth-order valence-electron chi connectivity index (χ4n) is 1.31. The van der Waals surface area contributed by atoms with E-state index in [0.717, 1.165) is 5.56 Å². The summed E-state index contributed by atoms with van der Waals surface area (Å²) in [6, 6.07) is 6.93. The van der Waals surface area contributed by atoms with E-state index in [-0.39, 0.29) is 0 Å². The molecule has 0 heterocycles. The Balaban J connectivity index is 2.59. The van der Waals surface area contributed by atoms with Gasteiger partial charge in [-0.25, -0.2) is 4.79 Å². The predicted molar refractivity (Wildman–Crippen MR) is 65.2 cm³/mol. The summed E-state index contributed by atoms with van der Waals surface area (Å²) in [5.74, 6) is -0.699. The van der Waals surface area contributed by atoms with Crippen molar-refractivity contribution in [1.82, 2.24) is 5.32 Å². The van der Waals surface area contributed by atoms with E-state index in [2.05, 4.69) is 24.5 Å². The second-order valence-corrected chi connectivity index (χ2v) is 3.98. The Morgan fingerprint density at radius 3 is 2.65 bits per heavy atom. The maximum absolute atomic E-state index is 11.3. The molecule has 0 aliphatic carbocycles. The first-order valence-electron chi connectivity index (χ1n) is 5.35. The third kappa shape index (κ3) is 4.55. The highest BCUT2D eigenvalue weighted by molar-refractivity contribution is 5.91. The summed E-state index contributed by atoms with van der Waals surface area (Å²) in [6.07, 6.45) is 0. The molecule has 17 heavy (non-hydrogen) atoms. The van der Waals surface area contributed by atoms with Crippen LogP contribution in [0, 0.1) is 0 Å². The fourth-order valence-corrected chi connectivity index (χ4v) is 1.31. The molecule has 1 aromatic rings. The van der Waals surface area contributed by atoms with Gasteiger partial charge in [-0.15, -0.1) is 0 Å². The number of carbonyl (C=O) groups is 2. The molecule has 0 fully saturated rings. The number of nitrogens with one attached hydrogen (secondary N) is 2. The zero-order valence-electron chi connectivity index (χ0n) is 9.86. The van der Waals surface area contributed by atoms with E-state index < -0.39 is 18.5 Å². The van der Waals surface area contributed by atoms with Crippen molar-refractivity contribution in [2.24, 2.45) is 0 Å². The Morgan fingerprint density at radius 2 is 2.06 bits per heavy atom. The molecule has 0 bridgehead atoms. The summed E-state index contributed by atoms with van der Waals surface area (Å²) in [7, 11) is 0. The van der Waals surface area contributed by atoms with Crippen molar-refractivity contribution >= 4 is 17.7 Å². The lowest BCUT2D eigenvalue weighted by molar-refractivity contribution is -0.135. The average molecular weight is 236 g/mol. The van der Waals surface area contributed by atoms with Crippen molar-refractivity contribution < 1.29 is 14.7 Å². The Hall–Kier alpha value is -2.04. The van der Waals surface area contributed by atoms with Gasteiger partial charge < -0.3 is 15.7 Å². The minimum Gasteiger partial charge on any atom is -0.480 e. The molecular formula is C12H16N2O3. The standard InChI is InChI=1S/C12H16N2O3/c1-8(2)9-4-3-5-10(6-9)14-12(17)13-7-11(15)16/h3-6,8H,7H2,1-2H3,(H,15,16)(H2,13,14,17). The van der Waals surface area contributed by atoms with Gasteiger partial charge in [0.2, 0.25) is 0 Å². The summed E-state index contributed by atoms with van der Waals surface area (Å²) in [4.78, 5) is 21.6. The predicted octanol–water partition coefficient (Wildman–Crippen LogP) is 2.02. The largest absolute Gasteiger partial charge is 0.480 e. The molecule has 0 radical (unpaired) electrons. The van der Waals surface area contributed by atoms with Crippen LogP contribution in [-0.4, -0.2) is 23.7 Å². The van der Waals surface area contributed by atoms with Crippen molar-refractivity contribution in [2.45, 2.75) is 19.8 Å². The van der Waals surface area contributed by atoms with E-state index >= 15 is 0 Å². The molecule has 3 N–H and O–H groups in total. The summed E-state index contributed by atoms with van der Waals surface area (Å²) < 4.78 is 0. The van der Waals surface area contributed by atoms with Gasteiger partial charge in [0.1, 0.15) is 6.54 Å². The molecule has 0 aliphatic heterocycles. The molecule has 1 aromatic carbocycles. The van der Waals surface area contributed by atoms with Crippen LogP contribution in [-0.2, 0) is 4.79 Å². The van der Waals surface area contributed by atoms with Crippen molar-refractivity contribution in [2.75, 3.05) is 11.9 Å². The lowest BCUT2D eigenvalue weighted by Crippen LogP contribution is -2.33. The number of aliphatic carboxylic acids is 1. The number of hydrogen-bond donors (Lipinski definition) is 3. The number of carbonyl (C=O) groups excluding carboxylic acids is 1. The van der Waals surface area contributed by atoms with Crippen LogP contribution in [0.4, 0.5) is 10.5 Å². The topological polar surface area (TPSA) is 78.4 Å². The molecule has 1 rings (SSSR count). The van der Waals surface area contributed by atoms with Crippen LogP contribution in [0.15, 0.2) is 24.3 Å². The van der Waals surface area contributed by atoms with Crippen LogP contribution in [0.3, 0.4) is 0 Å². The molecule has 92 valence electrons. The van der Waals surface area contributed by atoms with Gasteiger partial charge in [-0.3, -0.25) is 4.79 Å². The van der Waals surface area contributed by atoms with Crippen molar-refractivity contribution in [3.05, 3.63) is 29.8 Å². The minimum atomic E-state index is -1.07. The number of carboxylic acids is 1. The van der Waals surface area contributed by atoms with Gasteiger partial charge in [-0.1, -0.05) is 26.0 Å². The molecular weight excluding hydrogens is 220 g/mol. The van der Waals surface area contributed by atoms with E-state index in [0.29, 0.717) is 11.6 Å². The van der Waals surface area contributed by atoms with Crippen LogP contribution in [0.1, 0.15) is 25.3 Å². The Kier molecular flexibility index (Phi) is 4.51. The Morgan fingerprint density at radius 1 is 1.35 bits per heavy atom. The molecule has 5 nitrogen and oxygen atoms in total. The molecule has 0 unspecified atom stereocenters. The molecule has 0 saturated carbocycles. The third-order valence-corrected chi connectivity index (χ3v) is 2.21. The van der Waals surface area contributed by atoms with E-state index in [1.807, 2.05) is 18.2 Å². The lowest BCUT2D eigenvalue weighted by Gasteiger charge is -2.09. The Bertz CT molecular complexity index is 416. The summed E-state index contributed by atoms with van der Waals surface area (Å²) in [5.41, 5.74) is 1.76. The van der Waals surface area contributed by atoms with Gasteiger partial charge in [0, 0.05) is 5.69 Å². The molecule has 5 heteroatoms. The second kappa shape index (κ2) is 5.89. The van der Waals surface area contributed by atoms with Crippen molar-refractivity contribution in [1.29, 1.82) is 0 Å². The highest BCUT2D eigenvalue weighted by Gasteiger charge is 2.05. The highest BCUT2D eigenvalue weighted by Crippen LogP contribution is 2.18. The smallest absolute Gasteiger partial charge is 0.323 e. The van der Waals surface area contributed by atoms with Crippen LogP contribution in [0.25, 0.3) is 0 Å². The Labute approximate surface area is 99.8 Å². The molecule has 0 spiro atoms. The number of urea groups is 1. The molecule has 0 aromatic heterocycles. The van der Waals surface area contributed by atoms with Crippen LogP contribution in [0.5, 0.6) is 0 Å². The normalized spacial score (nSPS) is 10.1. The summed E-state index contributed by atoms with van der Waals surface area (Å²) in [6.45, 7) is 3.73. The first-order chi connectivity index (χ1) is 7.99. The maximum Gasteiger partial charge on any atom is 0.323 e. The van der Waals surface area contributed by atoms with E-state index in [1.54, 1.807) is 6.07 Å². The number of rotatable bonds is 4. The number of anilines is 1. The highest BCUT2D eigenvalue weighted by atomic mass is 16.4. The van der Waals surface area contributed by atoms with Gasteiger partial charge in [0.25, 0.3) is 0 Å². The molecule has 0 aliphatic rings. The monoisotopic (exact) mass is 236 g/mol. The number of hydrogen-bond acceptors (Lipinski definition) is 2. The van der Waals surface area contributed by atoms with E-state index in [4.69, 9.17) is 5.11 Å². The minimum absolute atomic E-state index is 0.374. The molecule has 0 saturated heterocycles. The van der Waals surface area contributed by atoms with Crippen molar-refractivity contribution in [3.63, 3.8) is 0 Å². The van der Waals surface area contributed by atoms with Gasteiger partial charge >= 0.3 is 12.0 Å². The fraction of sp³-hybridized carbons (Fsp3) is 0.333. The SMILES string of the molecule is CC(C)c1cccc(NC(=O)NCC(=O)O)c1. The van der Waals surface area contributed by atoms with E-state index in [1.165, 1.54) is 0 Å².